The van der Waals surface area contributed by atoms with Gasteiger partial charge in [0.15, 0.2) is 0 Å². The van der Waals surface area contributed by atoms with Crippen molar-refractivity contribution in [1.29, 1.82) is 0 Å². The van der Waals surface area contributed by atoms with Gasteiger partial charge in [0, 0.05) is 29.9 Å². The Morgan fingerprint density at radius 1 is 0.857 bits per heavy atom. The fraction of sp³-hybridized carbons (Fsp3) is 0.273. The highest BCUT2D eigenvalue weighted by Gasteiger charge is 2.03. The van der Waals surface area contributed by atoms with E-state index in [1.807, 2.05) is 49.4 Å². The summed E-state index contributed by atoms with van der Waals surface area (Å²) >= 11 is 5.93. The molecule has 5 nitrogen and oxygen atoms in total. The molecule has 3 aromatic rings. The molecule has 0 aliphatic rings. The summed E-state index contributed by atoms with van der Waals surface area (Å²) in [6, 6.07) is 18.0. The summed E-state index contributed by atoms with van der Waals surface area (Å²) in [6.07, 6.45) is 1.79. The molecule has 28 heavy (non-hydrogen) atoms. The van der Waals surface area contributed by atoms with E-state index in [0.29, 0.717) is 5.95 Å². The maximum Gasteiger partial charge on any atom is 0.224 e. The molecule has 1 aromatic heterocycles. The number of ether oxygens (including phenoxy) is 1. The molecule has 146 valence electrons. The van der Waals surface area contributed by atoms with Crippen molar-refractivity contribution in [2.45, 2.75) is 19.8 Å². The number of rotatable bonds is 9. The van der Waals surface area contributed by atoms with Crippen LogP contribution in [0.2, 0.25) is 5.02 Å². The average molecular weight is 397 g/mol. The quantitative estimate of drug-likeness (QED) is 0.546. The Bertz CT molecular complexity index is 882. The maximum absolute atomic E-state index is 5.93. The summed E-state index contributed by atoms with van der Waals surface area (Å²) in [5.41, 5.74) is 3.40. The van der Waals surface area contributed by atoms with Crippen LogP contribution >= 0.6 is 11.6 Å². The van der Waals surface area contributed by atoms with Crippen LogP contribution in [0, 0.1) is 6.92 Å². The number of aromatic nitrogens is 2. The Hall–Kier alpha value is -2.79. The van der Waals surface area contributed by atoms with Crippen LogP contribution in [0.5, 0.6) is 5.75 Å². The number of nitrogens with zero attached hydrogens (tertiary/aromatic N) is 2. The van der Waals surface area contributed by atoms with Crippen molar-refractivity contribution in [3.8, 4) is 5.75 Å². The molecular formula is C22H25ClN4O. The van der Waals surface area contributed by atoms with E-state index in [1.165, 1.54) is 11.1 Å². The summed E-state index contributed by atoms with van der Waals surface area (Å²) in [5.74, 6) is 2.34. The predicted octanol–water partition coefficient (Wildman–Crippen LogP) is 4.76. The summed E-state index contributed by atoms with van der Waals surface area (Å²) < 4.78 is 5.19. The fourth-order valence-corrected chi connectivity index (χ4v) is 2.96. The predicted molar refractivity (Wildman–Crippen MR) is 116 cm³/mol. The third kappa shape index (κ3) is 6.13. The van der Waals surface area contributed by atoms with Crippen molar-refractivity contribution in [2.24, 2.45) is 0 Å². The van der Waals surface area contributed by atoms with Gasteiger partial charge in [-0.05, 0) is 55.2 Å². The third-order valence-corrected chi connectivity index (χ3v) is 4.60. The van der Waals surface area contributed by atoms with Crippen molar-refractivity contribution < 1.29 is 4.74 Å². The van der Waals surface area contributed by atoms with Crippen LogP contribution in [0.4, 0.5) is 11.8 Å². The van der Waals surface area contributed by atoms with Crippen LogP contribution in [0.25, 0.3) is 0 Å². The molecule has 0 radical (unpaired) electrons. The Labute approximate surface area is 171 Å². The number of hydrogen-bond donors (Lipinski definition) is 2. The lowest BCUT2D eigenvalue weighted by atomic mass is 10.1. The molecule has 0 bridgehead atoms. The van der Waals surface area contributed by atoms with E-state index in [1.54, 1.807) is 7.11 Å². The first-order chi connectivity index (χ1) is 13.6. The first-order valence-corrected chi connectivity index (χ1v) is 9.71. The number of anilines is 2. The zero-order valence-corrected chi connectivity index (χ0v) is 17.0. The zero-order valence-electron chi connectivity index (χ0n) is 16.2. The largest absolute Gasteiger partial charge is 0.497 e. The van der Waals surface area contributed by atoms with E-state index in [4.69, 9.17) is 16.3 Å². The highest BCUT2D eigenvalue weighted by molar-refractivity contribution is 6.30. The smallest absolute Gasteiger partial charge is 0.224 e. The van der Waals surface area contributed by atoms with Crippen LogP contribution in [0.15, 0.2) is 54.6 Å². The zero-order chi connectivity index (χ0) is 19.8. The van der Waals surface area contributed by atoms with Crippen molar-refractivity contribution in [2.75, 3.05) is 30.8 Å². The highest BCUT2D eigenvalue weighted by Crippen LogP contribution is 2.14. The molecule has 3 rings (SSSR count). The molecule has 0 unspecified atom stereocenters. The summed E-state index contributed by atoms with van der Waals surface area (Å²) in [6.45, 7) is 3.53. The van der Waals surface area contributed by atoms with E-state index >= 15 is 0 Å². The first-order valence-electron chi connectivity index (χ1n) is 9.33. The van der Waals surface area contributed by atoms with Gasteiger partial charge in [-0.15, -0.1) is 0 Å². The summed E-state index contributed by atoms with van der Waals surface area (Å²) in [5, 5.41) is 7.44. The Kier molecular flexibility index (Phi) is 7.09. The minimum atomic E-state index is 0.641. The molecule has 0 saturated heterocycles. The lowest BCUT2D eigenvalue weighted by molar-refractivity contribution is 0.414. The van der Waals surface area contributed by atoms with Crippen molar-refractivity contribution in [3.63, 3.8) is 0 Å². The molecule has 1 heterocycles. The molecule has 0 aliphatic carbocycles. The average Bonchev–Trinajstić information content (AvgIpc) is 2.70. The normalized spacial score (nSPS) is 10.5. The molecule has 0 atom stereocenters. The minimum Gasteiger partial charge on any atom is -0.497 e. The number of methoxy groups -OCH3 is 1. The molecule has 2 aromatic carbocycles. The van der Waals surface area contributed by atoms with Crippen molar-refractivity contribution >= 4 is 23.4 Å². The van der Waals surface area contributed by atoms with Gasteiger partial charge >= 0.3 is 0 Å². The standard InChI is InChI=1S/C22H25ClN4O/c1-16-15-21(24-13-11-17-3-7-19(23)8-4-17)27-22(26-16)25-14-12-18-5-9-20(28-2)10-6-18/h3-10,15H,11-14H2,1-2H3,(H2,24,25,26,27). The SMILES string of the molecule is COc1ccc(CCNc2nc(C)cc(NCCc3ccc(Cl)cc3)n2)cc1. The molecule has 0 spiro atoms. The lowest BCUT2D eigenvalue weighted by Crippen LogP contribution is -2.12. The van der Waals surface area contributed by atoms with Gasteiger partial charge in [0.25, 0.3) is 0 Å². The second-order valence-corrected chi connectivity index (χ2v) is 6.98. The molecule has 0 aliphatic heterocycles. The monoisotopic (exact) mass is 396 g/mol. The number of nitrogens with one attached hydrogen (secondary N) is 2. The van der Waals surface area contributed by atoms with Crippen LogP contribution < -0.4 is 15.4 Å². The third-order valence-electron chi connectivity index (χ3n) is 4.34. The van der Waals surface area contributed by atoms with Crippen LogP contribution in [-0.4, -0.2) is 30.2 Å². The van der Waals surface area contributed by atoms with Gasteiger partial charge in [0.05, 0.1) is 7.11 Å². The van der Waals surface area contributed by atoms with Gasteiger partial charge in [-0.2, -0.15) is 4.98 Å². The summed E-state index contributed by atoms with van der Waals surface area (Å²) in [7, 11) is 1.67. The van der Waals surface area contributed by atoms with Gasteiger partial charge in [0.1, 0.15) is 11.6 Å². The van der Waals surface area contributed by atoms with E-state index < -0.39 is 0 Å². The minimum absolute atomic E-state index is 0.641. The van der Waals surface area contributed by atoms with E-state index in [2.05, 4.69) is 32.7 Å². The molecule has 0 amide bonds. The molecule has 0 fully saturated rings. The van der Waals surface area contributed by atoms with Crippen LogP contribution in [-0.2, 0) is 12.8 Å². The lowest BCUT2D eigenvalue weighted by Gasteiger charge is -2.10. The molecule has 2 N–H and O–H groups in total. The second kappa shape index (κ2) is 9.95. The highest BCUT2D eigenvalue weighted by atomic mass is 35.5. The van der Waals surface area contributed by atoms with Gasteiger partial charge < -0.3 is 15.4 Å². The van der Waals surface area contributed by atoms with E-state index in [0.717, 1.165) is 48.2 Å². The topological polar surface area (TPSA) is 59.1 Å². The Morgan fingerprint density at radius 3 is 2.11 bits per heavy atom. The van der Waals surface area contributed by atoms with Gasteiger partial charge in [-0.1, -0.05) is 35.9 Å². The number of benzene rings is 2. The van der Waals surface area contributed by atoms with Gasteiger partial charge in [-0.3, -0.25) is 0 Å². The van der Waals surface area contributed by atoms with Crippen LogP contribution in [0.1, 0.15) is 16.8 Å². The van der Waals surface area contributed by atoms with E-state index in [9.17, 15) is 0 Å². The van der Waals surface area contributed by atoms with E-state index in [-0.39, 0.29) is 0 Å². The van der Waals surface area contributed by atoms with Crippen LogP contribution in [0.3, 0.4) is 0 Å². The second-order valence-electron chi connectivity index (χ2n) is 6.55. The van der Waals surface area contributed by atoms with Crippen molar-refractivity contribution in [1.82, 2.24) is 9.97 Å². The van der Waals surface area contributed by atoms with Gasteiger partial charge in [-0.25, -0.2) is 4.98 Å². The molecule has 0 saturated carbocycles. The van der Waals surface area contributed by atoms with Gasteiger partial charge in [0.2, 0.25) is 5.95 Å². The maximum atomic E-state index is 5.93. The molecule has 6 heteroatoms. The fourth-order valence-electron chi connectivity index (χ4n) is 2.83. The molecular weight excluding hydrogens is 372 g/mol. The number of halogens is 1. The number of aryl methyl sites for hydroxylation is 1. The van der Waals surface area contributed by atoms with Crippen molar-refractivity contribution in [3.05, 3.63) is 76.4 Å². The Morgan fingerprint density at radius 2 is 1.46 bits per heavy atom. The summed E-state index contributed by atoms with van der Waals surface area (Å²) in [4.78, 5) is 9.03. The Balaban J connectivity index is 1.49. The number of hydrogen-bond acceptors (Lipinski definition) is 5. The first kappa shape index (κ1) is 20.0.